The summed E-state index contributed by atoms with van der Waals surface area (Å²) in [6, 6.07) is 7.77. The fourth-order valence-electron chi connectivity index (χ4n) is 5.00. The molecule has 1 saturated heterocycles. The molecule has 1 unspecified atom stereocenters. The highest BCUT2D eigenvalue weighted by molar-refractivity contribution is 9.11. The van der Waals surface area contributed by atoms with Gasteiger partial charge in [-0.1, -0.05) is 34.1 Å². The highest BCUT2D eigenvalue weighted by atomic mass is 79.9. The molecule has 0 radical (unpaired) electrons. The number of benzene rings is 1. The predicted octanol–water partition coefficient (Wildman–Crippen LogP) is 4.18. The van der Waals surface area contributed by atoms with Gasteiger partial charge in [0, 0.05) is 54.4 Å². The van der Waals surface area contributed by atoms with Gasteiger partial charge < -0.3 is 19.6 Å². The van der Waals surface area contributed by atoms with Crippen molar-refractivity contribution in [1.29, 1.82) is 0 Å². The summed E-state index contributed by atoms with van der Waals surface area (Å²) >= 11 is 3.44. The smallest absolute Gasteiger partial charge is 0.263 e. The molecule has 3 heterocycles. The van der Waals surface area contributed by atoms with Crippen LogP contribution in [0.15, 0.2) is 59.4 Å². The van der Waals surface area contributed by atoms with Crippen LogP contribution in [0.2, 0.25) is 0 Å². The van der Waals surface area contributed by atoms with Crippen LogP contribution in [0.5, 0.6) is 5.75 Å². The quantitative estimate of drug-likeness (QED) is 0.358. The van der Waals surface area contributed by atoms with Crippen molar-refractivity contribution >= 4 is 42.5 Å². The SMILES string of the molecule is CN1CCN(c2ccc(-c3nn(S(=O)(=O)C4(C)C=C(Br)C=CC4)c4cnccc34)cc2OCCCCO)CC1. The molecular weight excluding hydrogens is 582 g/mol. The number of aromatic nitrogens is 3. The number of anilines is 1. The van der Waals surface area contributed by atoms with E-state index >= 15 is 0 Å². The lowest BCUT2D eigenvalue weighted by atomic mass is 10.0. The van der Waals surface area contributed by atoms with Crippen LogP contribution in [-0.4, -0.2) is 83.8 Å². The van der Waals surface area contributed by atoms with E-state index in [-0.39, 0.29) is 6.61 Å². The van der Waals surface area contributed by atoms with E-state index in [0.29, 0.717) is 36.0 Å². The van der Waals surface area contributed by atoms with Gasteiger partial charge in [-0.25, -0.2) is 8.42 Å². The Balaban J connectivity index is 1.58. The molecular formula is C28H34BrN5O4S. The van der Waals surface area contributed by atoms with Crippen molar-refractivity contribution in [3.63, 3.8) is 0 Å². The second-order valence-electron chi connectivity index (χ2n) is 10.3. The van der Waals surface area contributed by atoms with E-state index in [0.717, 1.165) is 58.2 Å². The number of fused-ring (bicyclic) bond motifs is 1. The number of hydrogen-bond acceptors (Lipinski definition) is 8. The molecule has 0 spiro atoms. The van der Waals surface area contributed by atoms with Crippen molar-refractivity contribution in [2.75, 3.05) is 51.3 Å². The summed E-state index contributed by atoms with van der Waals surface area (Å²) in [4.78, 5) is 8.83. The standard InChI is InChI=1S/C28H34BrN5O4S/c1-28(10-5-6-22(29)19-28)39(36,37)34-25-20-30-11-9-23(25)27(31-34)21-7-8-24(33-14-12-32(2)13-15-33)26(18-21)38-17-4-3-16-35/h5-9,11,18-20,35H,3-4,10,12-17H2,1-2H3. The van der Waals surface area contributed by atoms with Crippen LogP contribution in [0.3, 0.4) is 0 Å². The minimum Gasteiger partial charge on any atom is -0.491 e. The lowest BCUT2D eigenvalue weighted by Crippen LogP contribution is -2.44. The van der Waals surface area contributed by atoms with Crippen molar-refractivity contribution in [2.24, 2.45) is 0 Å². The number of nitrogens with zero attached hydrogens (tertiary/aromatic N) is 5. The topological polar surface area (TPSA) is 101 Å². The highest BCUT2D eigenvalue weighted by Gasteiger charge is 2.41. The van der Waals surface area contributed by atoms with E-state index in [1.165, 1.54) is 0 Å². The Morgan fingerprint density at radius 3 is 2.69 bits per heavy atom. The van der Waals surface area contributed by atoms with E-state index in [9.17, 15) is 13.5 Å². The molecule has 1 fully saturated rings. The van der Waals surface area contributed by atoms with Crippen molar-refractivity contribution in [2.45, 2.75) is 30.9 Å². The molecule has 1 aliphatic heterocycles. The van der Waals surface area contributed by atoms with Gasteiger partial charge in [-0.3, -0.25) is 4.98 Å². The lowest BCUT2D eigenvalue weighted by Gasteiger charge is -2.35. The van der Waals surface area contributed by atoms with Gasteiger partial charge in [0.25, 0.3) is 10.0 Å². The molecule has 0 saturated carbocycles. The molecule has 5 rings (SSSR count). The van der Waals surface area contributed by atoms with E-state index in [4.69, 9.17) is 9.84 Å². The molecule has 9 nitrogen and oxygen atoms in total. The normalized spacial score (nSPS) is 20.4. The second kappa shape index (κ2) is 11.4. The Kier molecular flexibility index (Phi) is 8.14. The summed E-state index contributed by atoms with van der Waals surface area (Å²) in [5.41, 5.74) is 2.76. The van der Waals surface area contributed by atoms with E-state index < -0.39 is 14.8 Å². The molecule has 3 aromatic rings. The fourth-order valence-corrected chi connectivity index (χ4v) is 7.41. The maximum Gasteiger partial charge on any atom is 0.263 e. The molecule has 2 aliphatic rings. The van der Waals surface area contributed by atoms with Gasteiger partial charge in [-0.2, -0.15) is 9.19 Å². The number of unbranched alkanes of at least 4 members (excludes halogenated alkanes) is 1. The Hall–Kier alpha value is -2.73. The first-order valence-electron chi connectivity index (χ1n) is 13.2. The molecule has 208 valence electrons. The largest absolute Gasteiger partial charge is 0.491 e. The number of halogens is 1. The fraction of sp³-hybridized carbons (Fsp3) is 0.429. The minimum absolute atomic E-state index is 0.126. The van der Waals surface area contributed by atoms with Crippen molar-refractivity contribution in [1.82, 2.24) is 19.1 Å². The van der Waals surface area contributed by atoms with Crippen molar-refractivity contribution in [3.8, 4) is 17.0 Å². The van der Waals surface area contributed by atoms with Gasteiger partial charge >= 0.3 is 0 Å². The van der Waals surface area contributed by atoms with Crippen LogP contribution >= 0.6 is 15.9 Å². The van der Waals surface area contributed by atoms with Gasteiger partial charge in [0.15, 0.2) is 0 Å². The van der Waals surface area contributed by atoms with Crippen LogP contribution in [0.25, 0.3) is 22.2 Å². The number of pyridine rings is 1. The molecule has 1 atom stereocenters. The zero-order valence-electron chi connectivity index (χ0n) is 22.3. The molecule has 1 aromatic carbocycles. The van der Waals surface area contributed by atoms with E-state index in [1.807, 2.05) is 30.4 Å². The summed E-state index contributed by atoms with van der Waals surface area (Å²) in [5.74, 6) is 0.728. The summed E-state index contributed by atoms with van der Waals surface area (Å²) in [5, 5.41) is 14.6. The Morgan fingerprint density at radius 1 is 1.15 bits per heavy atom. The number of likely N-dealkylation sites (N-methyl/N-ethyl adjacent to an activating group) is 1. The molecule has 11 heteroatoms. The van der Waals surface area contributed by atoms with Crippen molar-refractivity contribution in [3.05, 3.63) is 59.4 Å². The average Bonchev–Trinajstić information content (AvgIpc) is 3.32. The lowest BCUT2D eigenvalue weighted by molar-refractivity contribution is 0.252. The van der Waals surface area contributed by atoms with Crippen molar-refractivity contribution < 1.29 is 18.3 Å². The third-order valence-corrected chi connectivity index (χ3v) is 10.1. The zero-order chi connectivity index (χ0) is 27.6. The van der Waals surface area contributed by atoms with Gasteiger partial charge in [-0.15, -0.1) is 0 Å². The second-order valence-corrected chi connectivity index (χ2v) is 13.4. The first-order chi connectivity index (χ1) is 18.7. The number of aliphatic hydroxyl groups is 1. The average molecular weight is 617 g/mol. The van der Waals surface area contributed by atoms with Gasteiger partial charge in [-0.05, 0) is 57.5 Å². The van der Waals surface area contributed by atoms with Gasteiger partial charge in [0.05, 0.1) is 18.5 Å². The molecule has 1 aliphatic carbocycles. The maximum absolute atomic E-state index is 14.0. The van der Waals surface area contributed by atoms with E-state index in [1.54, 1.807) is 31.5 Å². The Morgan fingerprint density at radius 2 is 1.95 bits per heavy atom. The van der Waals surface area contributed by atoms with Gasteiger partial charge in [0.2, 0.25) is 0 Å². The number of piperazine rings is 1. The third-order valence-electron chi connectivity index (χ3n) is 7.40. The van der Waals surface area contributed by atoms with Crippen LogP contribution in [0.4, 0.5) is 5.69 Å². The molecule has 0 bridgehead atoms. The Labute approximate surface area is 238 Å². The summed E-state index contributed by atoms with van der Waals surface area (Å²) in [6.45, 7) is 6.02. The Bertz CT molecular complexity index is 1510. The number of rotatable bonds is 9. The first-order valence-corrected chi connectivity index (χ1v) is 15.4. The first kappa shape index (κ1) is 27.8. The molecule has 2 aromatic heterocycles. The van der Waals surface area contributed by atoms with Gasteiger partial charge in [0.1, 0.15) is 21.7 Å². The number of hydrogen-bond donors (Lipinski definition) is 1. The number of aliphatic hydroxyl groups excluding tert-OH is 1. The highest BCUT2D eigenvalue weighted by Crippen LogP contribution is 2.39. The maximum atomic E-state index is 14.0. The summed E-state index contributed by atoms with van der Waals surface area (Å²) in [6.07, 6.45) is 10.4. The number of allylic oxidation sites excluding steroid dienone is 3. The van der Waals surface area contributed by atoms with Crippen LogP contribution in [0, 0.1) is 0 Å². The molecule has 1 N–H and O–H groups in total. The monoisotopic (exact) mass is 615 g/mol. The summed E-state index contributed by atoms with van der Waals surface area (Å²) < 4.78 is 34.9. The zero-order valence-corrected chi connectivity index (χ0v) is 24.7. The minimum atomic E-state index is -3.93. The van der Waals surface area contributed by atoms with Crippen LogP contribution in [0.1, 0.15) is 26.2 Å². The van der Waals surface area contributed by atoms with Crippen LogP contribution < -0.4 is 9.64 Å². The number of ether oxygens (including phenoxy) is 1. The van der Waals surface area contributed by atoms with E-state index in [2.05, 4.69) is 37.8 Å². The summed E-state index contributed by atoms with van der Waals surface area (Å²) in [7, 11) is -1.81. The third kappa shape index (κ3) is 5.50. The molecule has 39 heavy (non-hydrogen) atoms. The predicted molar refractivity (Wildman–Crippen MR) is 158 cm³/mol. The molecule has 0 amide bonds. The van der Waals surface area contributed by atoms with Crippen LogP contribution in [-0.2, 0) is 10.0 Å².